The molecule has 1 aromatic heterocycles. The minimum Gasteiger partial charge on any atom is -0.486 e. The molecule has 1 saturated heterocycles. The number of hydrogen-bond acceptors (Lipinski definition) is 6. The highest BCUT2D eigenvalue weighted by Gasteiger charge is 2.45. The standard InChI is InChI=1S/C31H36BrN3O5S/c1-18-14-33-27(41-18)17-40-26-11-10-24(32)23-12-13-35(30(37)21-8-4-5-9-22(21)31(38)39)25(28(23)26)16-34-15-19-6-2-3-7-20(19)29(34)36/h7,10-11,14,19,21-22,25H,2-6,8-9,12-13,15-17H2,1H3,(H,38,39)/t19?,21-,22+,25-/m1/s1. The van der Waals surface area contributed by atoms with Crippen molar-refractivity contribution in [2.24, 2.45) is 17.8 Å². The van der Waals surface area contributed by atoms with Crippen molar-refractivity contribution in [3.05, 3.63) is 55.5 Å². The molecule has 6 rings (SSSR count). The number of aryl methyl sites for hydroxylation is 1. The smallest absolute Gasteiger partial charge is 0.307 e. The quantitative estimate of drug-likeness (QED) is 0.418. The third kappa shape index (κ3) is 5.57. The van der Waals surface area contributed by atoms with Crippen LogP contribution in [-0.4, -0.2) is 57.3 Å². The predicted octanol–water partition coefficient (Wildman–Crippen LogP) is 5.68. The Morgan fingerprint density at radius 2 is 1.98 bits per heavy atom. The summed E-state index contributed by atoms with van der Waals surface area (Å²) in [4.78, 5) is 49.3. The largest absolute Gasteiger partial charge is 0.486 e. The highest BCUT2D eigenvalue weighted by Crippen LogP contribution is 2.44. The van der Waals surface area contributed by atoms with Gasteiger partial charge < -0.3 is 19.6 Å². The first kappa shape index (κ1) is 28.4. The Balaban J connectivity index is 1.37. The molecule has 1 saturated carbocycles. The first-order valence-electron chi connectivity index (χ1n) is 14.7. The van der Waals surface area contributed by atoms with E-state index in [2.05, 4.69) is 27.0 Å². The van der Waals surface area contributed by atoms with Gasteiger partial charge in [-0.15, -0.1) is 11.3 Å². The Bertz CT molecular complexity index is 1390. The number of allylic oxidation sites excluding steroid dienone is 1. The Morgan fingerprint density at radius 1 is 1.17 bits per heavy atom. The maximum absolute atomic E-state index is 14.3. The van der Waals surface area contributed by atoms with Crippen LogP contribution in [0, 0.1) is 24.7 Å². The van der Waals surface area contributed by atoms with Crippen LogP contribution >= 0.6 is 27.3 Å². The molecule has 3 heterocycles. The minimum atomic E-state index is -0.895. The predicted molar refractivity (Wildman–Crippen MR) is 159 cm³/mol. The topological polar surface area (TPSA) is 100 Å². The van der Waals surface area contributed by atoms with Crippen molar-refractivity contribution in [2.75, 3.05) is 19.6 Å². The third-order valence-corrected chi connectivity index (χ3v) is 10.8. The highest BCUT2D eigenvalue weighted by molar-refractivity contribution is 9.10. The molecule has 2 fully saturated rings. The van der Waals surface area contributed by atoms with Crippen LogP contribution in [0.4, 0.5) is 0 Å². The van der Waals surface area contributed by atoms with E-state index in [1.165, 1.54) is 0 Å². The number of halogens is 1. The van der Waals surface area contributed by atoms with E-state index in [1.807, 2.05) is 35.1 Å². The average Bonchev–Trinajstić information content (AvgIpc) is 3.54. The second-order valence-corrected chi connectivity index (χ2v) is 13.9. The highest BCUT2D eigenvalue weighted by atomic mass is 79.9. The molecule has 1 N–H and O–H groups in total. The number of carboxylic acid groups (broad SMARTS) is 1. The zero-order valence-corrected chi connectivity index (χ0v) is 25.7. The van der Waals surface area contributed by atoms with E-state index in [4.69, 9.17) is 4.74 Å². The van der Waals surface area contributed by atoms with E-state index in [0.717, 1.165) is 63.2 Å². The summed E-state index contributed by atoms with van der Waals surface area (Å²) in [6, 6.07) is 3.48. The number of carbonyl (C=O) groups excluding carboxylic acids is 2. The lowest BCUT2D eigenvalue weighted by Crippen LogP contribution is -2.50. The lowest BCUT2D eigenvalue weighted by Gasteiger charge is -2.43. The number of thiazole rings is 1. The van der Waals surface area contributed by atoms with Crippen molar-refractivity contribution in [2.45, 2.75) is 70.9 Å². The van der Waals surface area contributed by atoms with Crippen LogP contribution in [0.1, 0.15) is 72.0 Å². The van der Waals surface area contributed by atoms with Crippen molar-refractivity contribution in [1.29, 1.82) is 0 Å². The number of benzene rings is 1. The minimum absolute atomic E-state index is 0.0611. The molecule has 2 aliphatic heterocycles. The SMILES string of the molecule is Cc1cnc(COc2ccc(Br)c3c2[C@@H](CN2CC4CCCC=C4C2=O)N(C(=O)[C@@H]2CCCC[C@@H]2C(=O)O)CC3)s1. The summed E-state index contributed by atoms with van der Waals surface area (Å²) in [6.45, 7) is 3.81. The van der Waals surface area contributed by atoms with Gasteiger partial charge in [0.2, 0.25) is 11.8 Å². The van der Waals surface area contributed by atoms with Crippen molar-refractivity contribution in [3.63, 3.8) is 0 Å². The number of amides is 2. The fourth-order valence-electron chi connectivity index (χ4n) is 7.20. The van der Waals surface area contributed by atoms with Gasteiger partial charge in [-0.3, -0.25) is 14.4 Å². The average molecular weight is 643 g/mol. The molecule has 2 aliphatic carbocycles. The molecule has 2 amide bonds. The van der Waals surface area contributed by atoms with Crippen LogP contribution in [-0.2, 0) is 27.4 Å². The van der Waals surface area contributed by atoms with Crippen molar-refractivity contribution in [3.8, 4) is 5.75 Å². The molecule has 1 aromatic carbocycles. The van der Waals surface area contributed by atoms with Gasteiger partial charge in [-0.05, 0) is 63.1 Å². The molecule has 218 valence electrons. The molecule has 8 nitrogen and oxygen atoms in total. The summed E-state index contributed by atoms with van der Waals surface area (Å²) in [5.41, 5.74) is 2.90. The molecular weight excluding hydrogens is 606 g/mol. The van der Waals surface area contributed by atoms with Gasteiger partial charge in [-0.25, -0.2) is 4.98 Å². The second kappa shape index (κ2) is 11.9. The summed E-state index contributed by atoms with van der Waals surface area (Å²) in [5.74, 6) is -1.26. The molecule has 2 aromatic rings. The van der Waals surface area contributed by atoms with Crippen LogP contribution in [0.15, 0.2) is 34.5 Å². The van der Waals surface area contributed by atoms with E-state index in [-0.39, 0.29) is 17.7 Å². The summed E-state index contributed by atoms with van der Waals surface area (Å²) >= 11 is 5.33. The lowest BCUT2D eigenvalue weighted by molar-refractivity contribution is -0.154. The Hall–Kier alpha value is -2.72. The van der Waals surface area contributed by atoms with Gasteiger partial charge in [0.05, 0.1) is 17.9 Å². The summed E-state index contributed by atoms with van der Waals surface area (Å²) in [6.07, 6.45) is 10.4. The van der Waals surface area contributed by atoms with Gasteiger partial charge in [0.15, 0.2) is 0 Å². The number of aliphatic carboxylic acids is 1. The molecule has 41 heavy (non-hydrogen) atoms. The molecule has 10 heteroatoms. The van der Waals surface area contributed by atoms with Crippen LogP contribution in [0.25, 0.3) is 0 Å². The molecule has 4 atom stereocenters. The second-order valence-electron chi connectivity index (χ2n) is 11.7. The van der Waals surface area contributed by atoms with E-state index in [0.29, 0.717) is 51.3 Å². The van der Waals surface area contributed by atoms with E-state index >= 15 is 0 Å². The van der Waals surface area contributed by atoms with Gasteiger partial charge in [0.1, 0.15) is 17.4 Å². The van der Waals surface area contributed by atoms with Crippen LogP contribution in [0.5, 0.6) is 5.75 Å². The number of aromatic nitrogens is 1. The van der Waals surface area contributed by atoms with Gasteiger partial charge in [0.25, 0.3) is 0 Å². The van der Waals surface area contributed by atoms with Crippen molar-refractivity contribution in [1.82, 2.24) is 14.8 Å². The zero-order valence-electron chi connectivity index (χ0n) is 23.3. The lowest BCUT2D eigenvalue weighted by atomic mass is 9.77. The molecule has 1 unspecified atom stereocenters. The maximum atomic E-state index is 14.3. The fraction of sp³-hybridized carbons (Fsp3) is 0.548. The monoisotopic (exact) mass is 641 g/mol. The van der Waals surface area contributed by atoms with Gasteiger partial charge in [0, 0.05) is 52.2 Å². The maximum Gasteiger partial charge on any atom is 0.307 e. The Kier molecular flexibility index (Phi) is 8.23. The first-order valence-corrected chi connectivity index (χ1v) is 16.3. The van der Waals surface area contributed by atoms with Gasteiger partial charge >= 0.3 is 5.97 Å². The number of carbonyl (C=O) groups is 3. The number of fused-ring (bicyclic) bond motifs is 2. The summed E-state index contributed by atoms with van der Waals surface area (Å²) < 4.78 is 7.34. The Morgan fingerprint density at radius 3 is 2.71 bits per heavy atom. The van der Waals surface area contributed by atoms with E-state index < -0.39 is 23.8 Å². The number of carboxylic acids is 1. The van der Waals surface area contributed by atoms with E-state index in [9.17, 15) is 19.5 Å². The normalized spacial score (nSPS) is 25.9. The number of likely N-dealkylation sites (tertiary alicyclic amines) is 1. The zero-order chi connectivity index (χ0) is 28.7. The van der Waals surface area contributed by atoms with Crippen LogP contribution in [0.3, 0.4) is 0 Å². The van der Waals surface area contributed by atoms with Gasteiger partial charge in [-0.1, -0.05) is 34.8 Å². The van der Waals surface area contributed by atoms with Crippen molar-refractivity contribution >= 4 is 45.1 Å². The summed E-state index contributed by atoms with van der Waals surface area (Å²) in [7, 11) is 0. The first-order chi connectivity index (χ1) is 19.8. The fourth-order valence-corrected chi connectivity index (χ4v) is 8.44. The Labute approximate surface area is 252 Å². The number of hydrogen-bond donors (Lipinski definition) is 1. The van der Waals surface area contributed by atoms with Gasteiger partial charge in [-0.2, -0.15) is 0 Å². The molecular formula is C31H36BrN3O5S. The number of ether oxygens (including phenoxy) is 1. The number of rotatable bonds is 7. The molecule has 0 bridgehead atoms. The molecule has 0 spiro atoms. The van der Waals surface area contributed by atoms with Crippen LogP contribution < -0.4 is 4.74 Å². The summed E-state index contributed by atoms with van der Waals surface area (Å²) in [5, 5.41) is 10.8. The van der Waals surface area contributed by atoms with Crippen LogP contribution in [0.2, 0.25) is 0 Å². The molecule has 0 radical (unpaired) electrons. The molecule has 4 aliphatic rings. The number of nitrogens with zero attached hydrogens (tertiary/aromatic N) is 3. The van der Waals surface area contributed by atoms with Crippen molar-refractivity contribution < 1.29 is 24.2 Å². The third-order valence-electron chi connectivity index (χ3n) is 9.20. The van der Waals surface area contributed by atoms with E-state index in [1.54, 1.807) is 11.3 Å².